The molecule has 0 unspecified atom stereocenters. The molecule has 1 fully saturated rings. The number of piperidine rings is 1. The summed E-state index contributed by atoms with van der Waals surface area (Å²) in [5.41, 5.74) is 3.40. The Morgan fingerprint density at radius 1 is 1.21 bits per heavy atom. The fourth-order valence-electron chi connectivity index (χ4n) is 4.36. The van der Waals surface area contributed by atoms with Crippen LogP contribution in [0.5, 0.6) is 0 Å². The van der Waals surface area contributed by atoms with Gasteiger partial charge in [-0.3, -0.25) is 10.1 Å². The van der Waals surface area contributed by atoms with Crippen LogP contribution < -0.4 is 15.5 Å². The number of benzene rings is 2. The van der Waals surface area contributed by atoms with Crippen LogP contribution in [0.1, 0.15) is 25.3 Å². The van der Waals surface area contributed by atoms with Crippen LogP contribution in [0.4, 0.5) is 22.9 Å². The monoisotopic (exact) mass is 482 g/mol. The second kappa shape index (κ2) is 10.9. The van der Waals surface area contributed by atoms with Crippen LogP contribution >= 0.6 is 11.8 Å². The molecule has 1 aliphatic heterocycles. The van der Waals surface area contributed by atoms with Crippen molar-refractivity contribution in [3.8, 4) is 0 Å². The molecule has 0 atom stereocenters. The number of fused-ring (bicyclic) bond motifs is 1. The van der Waals surface area contributed by atoms with E-state index < -0.39 is 0 Å². The highest BCUT2D eigenvalue weighted by Gasteiger charge is 2.21. The summed E-state index contributed by atoms with van der Waals surface area (Å²) >= 11 is 1.43. The number of nitrogens with one attached hydrogen (secondary N) is 2. The molecule has 2 heterocycles. The molecule has 34 heavy (non-hydrogen) atoms. The normalized spacial score (nSPS) is 14.4. The number of aromatic nitrogens is 2. The van der Waals surface area contributed by atoms with Gasteiger partial charge in [0.2, 0.25) is 0 Å². The maximum absolute atomic E-state index is 11.7. The molecule has 1 saturated heterocycles. The molecule has 0 amide bonds. The first-order chi connectivity index (χ1) is 16.5. The molecule has 0 bridgehead atoms. The Bertz CT molecular complexity index is 1170. The molecule has 3 aromatic rings. The second-order valence-corrected chi connectivity index (χ2v) is 9.10. The second-order valence-electron chi connectivity index (χ2n) is 8.33. The number of aliphatic hydroxyl groups is 1. The quantitative estimate of drug-likeness (QED) is 0.175. The van der Waals surface area contributed by atoms with Crippen molar-refractivity contribution < 1.29 is 10.0 Å². The lowest BCUT2D eigenvalue weighted by molar-refractivity contribution is -0.383. The van der Waals surface area contributed by atoms with Crippen molar-refractivity contribution in [2.24, 2.45) is 5.92 Å². The Hall–Kier alpha value is -3.11. The molecule has 0 radical (unpaired) electrons. The zero-order valence-electron chi connectivity index (χ0n) is 19.5. The third-order valence-electron chi connectivity index (χ3n) is 6.19. The topological polar surface area (TPSA) is 116 Å². The zero-order chi connectivity index (χ0) is 24.1. The summed E-state index contributed by atoms with van der Waals surface area (Å²) in [4.78, 5) is 22.9. The largest absolute Gasteiger partial charge is 0.396 e. The van der Waals surface area contributed by atoms with E-state index in [9.17, 15) is 15.2 Å². The number of hydrogen-bond acceptors (Lipinski definition) is 9. The SMILES string of the molecule is CCNc1cc2nc(SC)nc(NCc3ccccc3N3CCC(CO)CC3)c2cc1[N+](=O)[O-]. The van der Waals surface area contributed by atoms with E-state index in [1.807, 2.05) is 25.3 Å². The third kappa shape index (κ3) is 5.18. The Balaban J connectivity index is 1.65. The molecule has 1 aliphatic rings. The van der Waals surface area contributed by atoms with E-state index in [1.165, 1.54) is 11.8 Å². The summed E-state index contributed by atoms with van der Waals surface area (Å²) in [5.74, 6) is 0.955. The van der Waals surface area contributed by atoms with Crippen LogP contribution in [-0.4, -0.2) is 52.5 Å². The lowest BCUT2D eigenvalue weighted by atomic mass is 9.97. The lowest BCUT2D eigenvalue weighted by Gasteiger charge is -2.34. The average Bonchev–Trinajstić information content (AvgIpc) is 2.87. The molecule has 2 aromatic carbocycles. The third-order valence-corrected chi connectivity index (χ3v) is 6.74. The van der Waals surface area contributed by atoms with Gasteiger partial charge in [-0.05, 0) is 49.6 Å². The van der Waals surface area contributed by atoms with Gasteiger partial charge in [0, 0.05) is 49.9 Å². The summed E-state index contributed by atoms with van der Waals surface area (Å²) < 4.78 is 0. The summed E-state index contributed by atoms with van der Waals surface area (Å²) in [5, 5.41) is 28.9. The number of nitrogens with zero attached hydrogens (tertiary/aromatic N) is 4. The van der Waals surface area contributed by atoms with Gasteiger partial charge in [0.05, 0.1) is 10.4 Å². The molecule has 3 N–H and O–H groups in total. The van der Waals surface area contributed by atoms with E-state index in [2.05, 4.69) is 37.6 Å². The molecule has 180 valence electrons. The Kier molecular flexibility index (Phi) is 7.69. The first kappa shape index (κ1) is 24.0. The molecule has 1 aromatic heterocycles. The van der Waals surface area contributed by atoms with Gasteiger partial charge in [-0.25, -0.2) is 9.97 Å². The van der Waals surface area contributed by atoms with Crippen molar-refractivity contribution in [1.29, 1.82) is 0 Å². The highest BCUT2D eigenvalue weighted by molar-refractivity contribution is 7.98. The van der Waals surface area contributed by atoms with Crippen molar-refractivity contribution in [3.05, 3.63) is 52.1 Å². The summed E-state index contributed by atoms with van der Waals surface area (Å²) in [6, 6.07) is 11.5. The predicted octanol–water partition coefficient (Wildman–Crippen LogP) is 4.51. The standard InChI is InChI=1S/C24H30N6O3S/c1-3-25-20-13-19-18(12-22(20)30(32)33)23(28-24(27-19)34-2)26-14-17-6-4-5-7-21(17)29-10-8-16(15-31)9-11-29/h4-7,12-13,16,25,31H,3,8-11,14-15H2,1-2H3,(H,26,27,28). The van der Waals surface area contributed by atoms with Gasteiger partial charge >= 0.3 is 0 Å². The van der Waals surface area contributed by atoms with Crippen molar-refractivity contribution in [3.63, 3.8) is 0 Å². The molecule has 0 aliphatic carbocycles. The van der Waals surface area contributed by atoms with E-state index >= 15 is 0 Å². The van der Waals surface area contributed by atoms with Gasteiger partial charge in [0.15, 0.2) is 5.16 Å². The number of para-hydroxylation sites is 1. The fraction of sp³-hybridized carbons (Fsp3) is 0.417. The first-order valence-electron chi connectivity index (χ1n) is 11.5. The zero-order valence-corrected chi connectivity index (χ0v) is 20.3. The predicted molar refractivity (Wildman–Crippen MR) is 138 cm³/mol. The summed E-state index contributed by atoms with van der Waals surface area (Å²) in [7, 11) is 0. The minimum Gasteiger partial charge on any atom is -0.396 e. The smallest absolute Gasteiger partial charge is 0.293 e. The Morgan fingerprint density at radius 3 is 2.65 bits per heavy atom. The van der Waals surface area contributed by atoms with Crippen LogP contribution in [0.15, 0.2) is 41.6 Å². The molecule has 0 spiro atoms. The van der Waals surface area contributed by atoms with E-state index in [4.69, 9.17) is 0 Å². The van der Waals surface area contributed by atoms with E-state index in [1.54, 1.807) is 12.1 Å². The van der Waals surface area contributed by atoms with Crippen molar-refractivity contribution in [2.75, 3.05) is 48.0 Å². The number of rotatable bonds is 9. The number of hydrogen-bond donors (Lipinski definition) is 3. The average molecular weight is 483 g/mol. The van der Waals surface area contributed by atoms with Crippen LogP contribution in [0, 0.1) is 16.0 Å². The molecule has 0 saturated carbocycles. The molecular formula is C24H30N6O3S. The van der Waals surface area contributed by atoms with Crippen molar-refractivity contribution in [1.82, 2.24) is 9.97 Å². The first-order valence-corrected chi connectivity index (χ1v) is 12.7. The summed E-state index contributed by atoms with van der Waals surface area (Å²) in [6.45, 7) is 5.07. The number of anilines is 3. The number of nitro benzene ring substituents is 1. The molecule has 9 nitrogen and oxygen atoms in total. The van der Waals surface area contributed by atoms with Crippen LogP contribution in [-0.2, 0) is 6.54 Å². The van der Waals surface area contributed by atoms with Gasteiger partial charge in [-0.2, -0.15) is 0 Å². The highest BCUT2D eigenvalue weighted by Crippen LogP contribution is 2.34. The number of thioether (sulfide) groups is 1. The van der Waals surface area contributed by atoms with Crippen molar-refractivity contribution in [2.45, 2.75) is 31.5 Å². The van der Waals surface area contributed by atoms with Gasteiger partial charge in [0.1, 0.15) is 11.5 Å². The number of aliphatic hydroxyl groups excluding tert-OH is 1. The number of nitro groups is 1. The van der Waals surface area contributed by atoms with E-state index in [0.29, 0.717) is 46.6 Å². The maximum Gasteiger partial charge on any atom is 0.293 e. The van der Waals surface area contributed by atoms with Gasteiger partial charge in [-0.1, -0.05) is 30.0 Å². The molecular weight excluding hydrogens is 452 g/mol. The van der Waals surface area contributed by atoms with Gasteiger partial charge in [0.25, 0.3) is 5.69 Å². The van der Waals surface area contributed by atoms with Crippen LogP contribution in [0.3, 0.4) is 0 Å². The van der Waals surface area contributed by atoms with E-state index in [0.717, 1.165) is 37.2 Å². The Morgan fingerprint density at radius 2 is 1.97 bits per heavy atom. The van der Waals surface area contributed by atoms with Crippen LogP contribution in [0.2, 0.25) is 0 Å². The minimum atomic E-state index is -0.380. The fourth-order valence-corrected chi connectivity index (χ4v) is 4.73. The maximum atomic E-state index is 11.7. The van der Waals surface area contributed by atoms with Crippen LogP contribution in [0.25, 0.3) is 10.9 Å². The lowest BCUT2D eigenvalue weighted by Crippen LogP contribution is -2.35. The molecule has 10 heteroatoms. The highest BCUT2D eigenvalue weighted by atomic mass is 32.2. The van der Waals surface area contributed by atoms with E-state index in [-0.39, 0.29) is 17.2 Å². The van der Waals surface area contributed by atoms with Gasteiger partial charge in [-0.15, -0.1) is 0 Å². The van der Waals surface area contributed by atoms with Crippen molar-refractivity contribution >= 4 is 45.5 Å². The minimum absolute atomic E-state index is 0.00468. The summed E-state index contributed by atoms with van der Waals surface area (Å²) in [6.07, 6.45) is 3.86. The Labute approximate surface area is 203 Å². The van der Waals surface area contributed by atoms with Gasteiger partial charge < -0.3 is 20.6 Å². The molecule has 4 rings (SSSR count).